The van der Waals surface area contributed by atoms with Gasteiger partial charge in [-0.25, -0.2) is 0 Å². The van der Waals surface area contributed by atoms with Crippen molar-refractivity contribution < 1.29 is 4.42 Å². The van der Waals surface area contributed by atoms with E-state index < -0.39 is 0 Å². The van der Waals surface area contributed by atoms with Crippen LogP contribution in [0.4, 0.5) is 22.7 Å². The zero-order valence-corrected chi connectivity index (χ0v) is 29.6. The number of hydrogen-bond donors (Lipinski definition) is 0. The predicted octanol–water partition coefficient (Wildman–Crippen LogP) is 13.6. The van der Waals surface area contributed by atoms with E-state index in [1.807, 2.05) is 68.5 Å². The fraction of sp³-hybridized carbons (Fsp3) is 0.0408. The fourth-order valence-corrected chi connectivity index (χ4v) is 6.79. The molecular formula is C49H41N2O+. The van der Waals surface area contributed by atoms with Crippen molar-refractivity contribution in [3.8, 4) is 22.3 Å². The van der Waals surface area contributed by atoms with Gasteiger partial charge in [-0.2, -0.15) is 4.58 Å². The average Bonchev–Trinajstić information content (AvgIpc) is 3.72. The summed E-state index contributed by atoms with van der Waals surface area (Å²) in [4.78, 5) is 2.20. The molecule has 52 heavy (non-hydrogen) atoms. The van der Waals surface area contributed by atoms with Crippen molar-refractivity contribution in [1.82, 2.24) is 4.58 Å². The quantitative estimate of drug-likeness (QED) is 0.101. The van der Waals surface area contributed by atoms with Crippen molar-refractivity contribution in [1.29, 1.82) is 0 Å². The van der Waals surface area contributed by atoms with Gasteiger partial charge in [0.2, 0.25) is 11.4 Å². The molecule has 3 nitrogen and oxygen atoms in total. The molecule has 0 aliphatic carbocycles. The zero-order valence-electron chi connectivity index (χ0n) is 29.6. The number of rotatable bonds is 11. The molecule has 252 valence electrons. The lowest BCUT2D eigenvalue weighted by molar-refractivity contribution is 0.599. The first-order chi connectivity index (χ1) is 25.6. The maximum Gasteiger partial charge on any atom is 0.219 e. The highest BCUT2D eigenvalue weighted by Gasteiger charge is 2.31. The van der Waals surface area contributed by atoms with Crippen molar-refractivity contribution >= 4 is 51.6 Å². The van der Waals surface area contributed by atoms with Crippen LogP contribution >= 0.6 is 0 Å². The molecule has 0 amide bonds. The molecule has 3 heteroatoms. The molecule has 7 rings (SSSR count). The Kier molecular flexibility index (Phi) is 10.0. The number of fused-ring (bicyclic) bond motifs is 4. The molecule has 0 N–H and O–H groups in total. The highest BCUT2D eigenvalue weighted by atomic mass is 16.3. The van der Waals surface area contributed by atoms with Gasteiger partial charge >= 0.3 is 0 Å². The number of benzene rings is 5. The van der Waals surface area contributed by atoms with Crippen LogP contribution in [-0.2, 0) is 0 Å². The van der Waals surface area contributed by atoms with Gasteiger partial charge in [-0.1, -0.05) is 116 Å². The molecule has 0 bridgehead atoms. The van der Waals surface area contributed by atoms with E-state index in [0.29, 0.717) is 0 Å². The maximum absolute atomic E-state index is 6.41. The van der Waals surface area contributed by atoms with Crippen LogP contribution in [0.25, 0.3) is 44.9 Å². The molecule has 1 aromatic heterocycles. The molecule has 5 aromatic carbocycles. The SMILES string of the molecule is C=CC=C/C=C\N(c1ccc(-c2ccc3c(c2)-c2ccccc2[N+]3=C/C=C\C=C/C)cc1)c1cccc(/C(=C/C)c2oc3ccccc3c2C=C)c1. The van der Waals surface area contributed by atoms with Crippen molar-refractivity contribution in [3.05, 3.63) is 206 Å². The maximum atomic E-state index is 6.41. The van der Waals surface area contributed by atoms with Crippen molar-refractivity contribution in [2.45, 2.75) is 13.8 Å². The largest absolute Gasteiger partial charge is 0.455 e. The lowest BCUT2D eigenvalue weighted by Gasteiger charge is -2.22. The van der Waals surface area contributed by atoms with Gasteiger partial charge in [0.25, 0.3) is 0 Å². The molecule has 0 spiro atoms. The van der Waals surface area contributed by atoms with Gasteiger partial charge < -0.3 is 9.32 Å². The van der Waals surface area contributed by atoms with Gasteiger partial charge in [-0.05, 0) is 85.1 Å². The summed E-state index contributed by atoms with van der Waals surface area (Å²) >= 11 is 0. The summed E-state index contributed by atoms with van der Waals surface area (Å²) in [7, 11) is 0. The van der Waals surface area contributed by atoms with E-state index in [2.05, 4.69) is 150 Å². The summed E-state index contributed by atoms with van der Waals surface area (Å²) in [6.07, 6.45) is 24.1. The van der Waals surface area contributed by atoms with Crippen molar-refractivity contribution in [2.75, 3.05) is 4.90 Å². The van der Waals surface area contributed by atoms with Gasteiger partial charge in [-0.3, -0.25) is 0 Å². The van der Waals surface area contributed by atoms with Crippen LogP contribution < -0.4 is 9.48 Å². The third kappa shape index (κ3) is 6.60. The molecule has 0 radical (unpaired) electrons. The van der Waals surface area contributed by atoms with E-state index in [4.69, 9.17) is 4.42 Å². The van der Waals surface area contributed by atoms with Gasteiger partial charge in [-0.15, -0.1) is 0 Å². The van der Waals surface area contributed by atoms with Crippen molar-refractivity contribution in [2.24, 2.45) is 0 Å². The second kappa shape index (κ2) is 15.5. The summed E-state index contributed by atoms with van der Waals surface area (Å²) in [5.41, 5.74) is 13.1. The third-order valence-corrected chi connectivity index (χ3v) is 9.24. The van der Waals surface area contributed by atoms with Crippen LogP contribution in [0.5, 0.6) is 0 Å². The number of para-hydroxylation sites is 2. The number of anilines is 2. The number of hydrogen-bond acceptors (Lipinski definition) is 2. The first-order valence-corrected chi connectivity index (χ1v) is 17.6. The minimum absolute atomic E-state index is 0.819. The Bertz CT molecular complexity index is 2460. The lowest BCUT2D eigenvalue weighted by atomic mass is 9.98. The first-order valence-electron chi connectivity index (χ1n) is 17.6. The minimum Gasteiger partial charge on any atom is -0.455 e. The highest BCUT2D eigenvalue weighted by molar-refractivity contribution is 5.99. The molecule has 0 saturated carbocycles. The molecule has 0 atom stereocenters. The first kappa shape index (κ1) is 33.8. The van der Waals surface area contributed by atoms with E-state index in [9.17, 15) is 0 Å². The molecular weight excluding hydrogens is 633 g/mol. The number of allylic oxidation sites excluding steroid dienone is 9. The molecule has 0 fully saturated rings. The van der Waals surface area contributed by atoms with Crippen LogP contribution in [0.3, 0.4) is 0 Å². The van der Waals surface area contributed by atoms with Gasteiger partial charge in [0.15, 0.2) is 6.21 Å². The molecule has 6 aromatic rings. The second-order valence-corrected chi connectivity index (χ2v) is 12.4. The molecule has 1 aliphatic rings. The fourth-order valence-electron chi connectivity index (χ4n) is 6.79. The van der Waals surface area contributed by atoms with E-state index in [-0.39, 0.29) is 0 Å². The van der Waals surface area contributed by atoms with E-state index >= 15 is 0 Å². The summed E-state index contributed by atoms with van der Waals surface area (Å²) in [5.74, 6) is 0.819. The monoisotopic (exact) mass is 673 g/mol. The van der Waals surface area contributed by atoms with E-state index in [1.165, 1.54) is 28.1 Å². The van der Waals surface area contributed by atoms with E-state index in [0.717, 1.165) is 50.4 Å². The normalized spacial score (nSPS) is 13.6. The summed E-state index contributed by atoms with van der Waals surface area (Å²) in [5, 5.41) is 1.06. The van der Waals surface area contributed by atoms with Crippen LogP contribution in [0.2, 0.25) is 0 Å². The smallest absolute Gasteiger partial charge is 0.219 e. The van der Waals surface area contributed by atoms with Crippen LogP contribution in [0, 0.1) is 0 Å². The molecule has 0 saturated heterocycles. The second-order valence-electron chi connectivity index (χ2n) is 12.4. The van der Waals surface area contributed by atoms with E-state index in [1.54, 1.807) is 6.08 Å². The minimum atomic E-state index is 0.819. The predicted molar refractivity (Wildman–Crippen MR) is 225 cm³/mol. The average molecular weight is 674 g/mol. The van der Waals surface area contributed by atoms with Gasteiger partial charge in [0.05, 0.1) is 11.1 Å². The zero-order chi connectivity index (χ0) is 35.9. The van der Waals surface area contributed by atoms with Crippen molar-refractivity contribution in [3.63, 3.8) is 0 Å². The highest BCUT2D eigenvalue weighted by Crippen LogP contribution is 2.46. The summed E-state index contributed by atoms with van der Waals surface area (Å²) in [6.45, 7) is 12.0. The lowest BCUT2D eigenvalue weighted by Crippen LogP contribution is -2.08. The number of nitrogens with zero attached hydrogens (tertiary/aromatic N) is 2. The van der Waals surface area contributed by atoms with Gasteiger partial charge in [0, 0.05) is 52.3 Å². The van der Waals surface area contributed by atoms with Crippen LogP contribution in [0.1, 0.15) is 30.7 Å². The third-order valence-electron chi connectivity index (χ3n) is 9.24. The number of furan rings is 1. The summed E-state index contributed by atoms with van der Waals surface area (Å²) in [6, 6.07) is 40.8. The Morgan fingerprint density at radius 3 is 2.23 bits per heavy atom. The Labute approximate surface area is 306 Å². The Morgan fingerprint density at radius 1 is 0.654 bits per heavy atom. The molecule has 2 heterocycles. The van der Waals surface area contributed by atoms with Crippen LogP contribution in [-0.4, -0.2) is 6.21 Å². The Hall–Kier alpha value is -6.71. The molecule has 1 aliphatic heterocycles. The topological polar surface area (TPSA) is 19.4 Å². The Morgan fingerprint density at radius 2 is 1.42 bits per heavy atom. The summed E-state index contributed by atoms with van der Waals surface area (Å²) < 4.78 is 8.68. The van der Waals surface area contributed by atoms with Gasteiger partial charge in [0.1, 0.15) is 11.3 Å². The molecule has 0 unspecified atom stereocenters. The Balaban J connectivity index is 1.24. The van der Waals surface area contributed by atoms with Crippen LogP contribution in [0.15, 0.2) is 194 Å². The standard InChI is InChI=1S/C49H41N2O/c1-5-9-11-17-32-50(40-21-19-20-38(34-40)41(7-3)49-42(8-4)44-23-14-16-25-48(44)52-49)39-29-26-36(27-30-39)37-28-31-47-45(35-37)43-22-13-15-24-46(43)51(47)33-18-12-10-6-2/h5-35H,1,4H2,2-3H3/q+1/b10-6-,11-9?,18-12-,32-17-,41-7-,51-33?.